The first-order valence-corrected chi connectivity index (χ1v) is 7.29. The van der Waals surface area contributed by atoms with Crippen molar-refractivity contribution in [3.63, 3.8) is 0 Å². The molecule has 0 spiro atoms. The smallest absolute Gasteiger partial charge is 0.316 e. The van der Waals surface area contributed by atoms with Crippen molar-refractivity contribution in [2.75, 3.05) is 11.9 Å². The molecule has 112 valence electrons. The number of nitrogens with two attached hydrogens (primary N) is 1. The zero-order chi connectivity index (χ0) is 15.3. The van der Waals surface area contributed by atoms with Gasteiger partial charge in [0.25, 0.3) is 0 Å². The molecule has 0 aliphatic carbocycles. The van der Waals surface area contributed by atoms with Gasteiger partial charge in [0, 0.05) is 18.6 Å². The predicted octanol–water partition coefficient (Wildman–Crippen LogP) is 3.49. The lowest BCUT2D eigenvalue weighted by molar-refractivity contribution is 0.177. The standard InChI is InChI=1S/C15H24ClN3O/c1-10(2)19(11(3)4)8-7-12-5-6-14(13(16)9-12)18-15(17)20/h5-6,9-11H,7-8H2,1-4H3,(H3,17,18,20). The van der Waals surface area contributed by atoms with E-state index < -0.39 is 6.03 Å². The summed E-state index contributed by atoms with van der Waals surface area (Å²) in [5.74, 6) is 0. The fourth-order valence-corrected chi connectivity index (χ4v) is 2.57. The van der Waals surface area contributed by atoms with Crippen LogP contribution in [0.3, 0.4) is 0 Å². The molecule has 0 aliphatic rings. The van der Waals surface area contributed by atoms with E-state index in [-0.39, 0.29) is 0 Å². The number of hydrogen-bond acceptors (Lipinski definition) is 2. The topological polar surface area (TPSA) is 58.4 Å². The van der Waals surface area contributed by atoms with Gasteiger partial charge in [-0.05, 0) is 51.8 Å². The summed E-state index contributed by atoms with van der Waals surface area (Å²) in [6.07, 6.45) is 0.924. The third kappa shape index (κ3) is 5.02. The van der Waals surface area contributed by atoms with Crippen LogP contribution in [0, 0.1) is 0 Å². The second kappa shape index (κ2) is 7.50. The molecule has 3 N–H and O–H groups in total. The summed E-state index contributed by atoms with van der Waals surface area (Å²) in [6.45, 7) is 9.79. The zero-order valence-electron chi connectivity index (χ0n) is 12.6. The average Bonchev–Trinajstić information content (AvgIpc) is 2.31. The maximum atomic E-state index is 10.8. The Morgan fingerprint density at radius 1 is 1.30 bits per heavy atom. The molecule has 1 aromatic rings. The number of benzene rings is 1. The van der Waals surface area contributed by atoms with Crippen molar-refractivity contribution in [2.24, 2.45) is 5.73 Å². The number of nitrogens with one attached hydrogen (secondary N) is 1. The molecule has 0 heterocycles. The highest BCUT2D eigenvalue weighted by Crippen LogP contribution is 2.23. The number of carbonyl (C=O) groups is 1. The maximum absolute atomic E-state index is 10.8. The van der Waals surface area contributed by atoms with E-state index in [0.29, 0.717) is 22.8 Å². The molecular weight excluding hydrogens is 274 g/mol. The molecule has 0 radical (unpaired) electrons. The van der Waals surface area contributed by atoms with Gasteiger partial charge in [-0.1, -0.05) is 17.7 Å². The summed E-state index contributed by atoms with van der Waals surface area (Å²) in [5, 5.41) is 3.01. The molecule has 0 saturated carbocycles. The number of anilines is 1. The molecule has 2 amide bonds. The van der Waals surface area contributed by atoms with Gasteiger partial charge in [-0.2, -0.15) is 0 Å². The summed E-state index contributed by atoms with van der Waals surface area (Å²) in [4.78, 5) is 13.3. The number of carbonyl (C=O) groups excluding carboxylic acids is 1. The molecule has 5 heteroatoms. The average molecular weight is 298 g/mol. The van der Waals surface area contributed by atoms with Gasteiger partial charge in [0.2, 0.25) is 0 Å². The Labute approximate surface area is 126 Å². The first kappa shape index (κ1) is 16.8. The molecule has 0 aliphatic heterocycles. The highest BCUT2D eigenvalue weighted by Gasteiger charge is 2.13. The second-order valence-corrected chi connectivity index (χ2v) is 5.89. The molecule has 20 heavy (non-hydrogen) atoms. The van der Waals surface area contributed by atoms with E-state index in [1.807, 2.05) is 12.1 Å². The molecule has 1 rings (SSSR count). The molecule has 0 fully saturated rings. The molecule has 0 unspecified atom stereocenters. The molecule has 4 nitrogen and oxygen atoms in total. The zero-order valence-corrected chi connectivity index (χ0v) is 13.4. The Balaban J connectivity index is 2.69. The van der Waals surface area contributed by atoms with Gasteiger partial charge in [-0.25, -0.2) is 4.79 Å². The van der Waals surface area contributed by atoms with Gasteiger partial charge in [0.1, 0.15) is 0 Å². The quantitative estimate of drug-likeness (QED) is 0.844. The maximum Gasteiger partial charge on any atom is 0.316 e. The fraction of sp³-hybridized carbons (Fsp3) is 0.533. The van der Waals surface area contributed by atoms with Crippen LogP contribution in [0.25, 0.3) is 0 Å². The lowest BCUT2D eigenvalue weighted by Crippen LogP contribution is -2.38. The number of hydrogen-bond donors (Lipinski definition) is 2. The molecule has 1 aromatic carbocycles. The Hall–Kier alpha value is -1.26. The van der Waals surface area contributed by atoms with Crippen LogP contribution in [0.5, 0.6) is 0 Å². The van der Waals surface area contributed by atoms with Crippen molar-refractivity contribution in [1.82, 2.24) is 4.90 Å². The SMILES string of the molecule is CC(C)N(CCc1ccc(NC(N)=O)c(Cl)c1)C(C)C. The van der Waals surface area contributed by atoms with Gasteiger partial charge in [-0.3, -0.25) is 4.90 Å². The minimum atomic E-state index is -0.606. The van der Waals surface area contributed by atoms with E-state index >= 15 is 0 Å². The second-order valence-electron chi connectivity index (χ2n) is 5.48. The third-order valence-corrected chi connectivity index (χ3v) is 3.59. The van der Waals surface area contributed by atoms with E-state index in [9.17, 15) is 4.79 Å². The fourth-order valence-electron chi connectivity index (χ4n) is 2.32. The number of rotatable bonds is 6. The van der Waals surface area contributed by atoms with Crippen molar-refractivity contribution < 1.29 is 4.79 Å². The summed E-state index contributed by atoms with van der Waals surface area (Å²) < 4.78 is 0. The Morgan fingerprint density at radius 2 is 1.90 bits per heavy atom. The Kier molecular flexibility index (Phi) is 6.30. The normalized spacial score (nSPS) is 11.4. The van der Waals surface area contributed by atoms with E-state index in [4.69, 9.17) is 17.3 Å². The third-order valence-electron chi connectivity index (χ3n) is 3.28. The Bertz CT molecular complexity index is 452. The van der Waals surface area contributed by atoms with Gasteiger partial charge in [0.15, 0.2) is 0 Å². The summed E-state index contributed by atoms with van der Waals surface area (Å²) in [5.41, 5.74) is 6.78. The number of primary amides is 1. The van der Waals surface area contributed by atoms with Crippen LogP contribution in [0.15, 0.2) is 18.2 Å². The van der Waals surface area contributed by atoms with Crippen LogP contribution in [0.2, 0.25) is 5.02 Å². The summed E-state index contributed by atoms with van der Waals surface area (Å²) in [6, 6.07) is 6.06. The molecule has 0 atom stereocenters. The van der Waals surface area contributed by atoms with Crippen LogP contribution in [-0.2, 0) is 6.42 Å². The van der Waals surface area contributed by atoms with E-state index in [1.165, 1.54) is 0 Å². The highest BCUT2D eigenvalue weighted by molar-refractivity contribution is 6.33. The van der Waals surface area contributed by atoms with Crippen molar-refractivity contribution in [3.8, 4) is 0 Å². The first-order chi connectivity index (χ1) is 9.31. The van der Waals surface area contributed by atoms with Crippen LogP contribution in [0.1, 0.15) is 33.3 Å². The Morgan fingerprint density at radius 3 is 2.35 bits per heavy atom. The van der Waals surface area contributed by atoms with Crippen LogP contribution >= 0.6 is 11.6 Å². The summed E-state index contributed by atoms with van der Waals surface area (Å²) in [7, 11) is 0. The van der Waals surface area contributed by atoms with Gasteiger partial charge in [0.05, 0.1) is 10.7 Å². The first-order valence-electron chi connectivity index (χ1n) is 6.92. The molecule has 0 saturated heterocycles. The van der Waals surface area contributed by atoms with E-state index in [1.54, 1.807) is 6.07 Å². The van der Waals surface area contributed by atoms with Gasteiger partial charge >= 0.3 is 6.03 Å². The van der Waals surface area contributed by atoms with Crippen molar-refractivity contribution in [2.45, 2.75) is 46.2 Å². The monoisotopic (exact) mass is 297 g/mol. The number of amides is 2. The van der Waals surface area contributed by atoms with Gasteiger partial charge < -0.3 is 11.1 Å². The number of halogens is 1. The van der Waals surface area contributed by atoms with Crippen molar-refractivity contribution in [3.05, 3.63) is 28.8 Å². The van der Waals surface area contributed by atoms with Crippen LogP contribution in [-0.4, -0.2) is 29.6 Å². The molecule has 0 aromatic heterocycles. The number of nitrogens with zero attached hydrogens (tertiary/aromatic N) is 1. The minimum Gasteiger partial charge on any atom is -0.351 e. The lowest BCUT2D eigenvalue weighted by Gasteiger charge is -2.30. The molecular formula is C15H24ClN3O. The van der Waals surface area contributed by atoms with E-state index in [0.717, 1.165) is 18.5 Å². The highest BCUT2D eigenvalue weighted by atomic mass is 35.5. The minimum absolute atomic E-state index is 0.515. The largest absolute Gasteiger partial charge is 0.351 e. The van der Waals surface area contributed by atoms with Crippen molar-refractivity contribution >= 4 is 23.3 Å². The van der Waals surface area contributed by atoms with Gasteiger partial charge in [-0.15, -0.1) is 0 Å². The summed E-state index contributed by atoms with van der Waals surface area (Å²) >= 11 is 6.13. The lowest BCUT2D eigenvalue weighted by atomic mass is 10.1. The van der Waals surface area contributed by atoms with Crippen LogP contribution in [0.4, 0.5) is 10.5 Å². The predicted molar refractivity (Wildman–Crippen MR) is 85.3 cm³/mol. The van der Waals surface area contributed by atoms with Crippen LogP contribution < -0.4 is 11.1 Å². The van der Waals surface area contributed by atoms with Crippen molar-refractivity contribution in [1.29, 1.82) is 0 Å². The van der Waals surface area contributed by atoms with E-state index in [2.05, 4.69) is 37.9 Å². The number of urea groups is 1. The molecule has 0 bridgehead atoms.